The van der Waals surface area contributed by atoms with Gasteiger partial charge in [-0.2, -0.15) is 23.4 Å². The van der Waals surface area contributed by atoms with Gasteiger partial charge in [-0.1, -0.05) is 18.2 Å². The van der Waals surface area contributed by atoms with Gasteiger partial charge in [-0.3, -0.25) is 19.1 Å². The maximum atomic E-state index is 13.0. The summed E-state index contributed by atoms with van der Waals surface area (Å²) >= 11 is 1.25. The first-order chi connectivity index (χ1) is 19.2. The molecule has 4 aromatic heterocycles. The fourth-order valence-corrected chi connectivity index (χ4v) is 4.53. The smallest absolute Gasteiger partial charge is 0.416 e. The largest absolute Gasteiger partial charge is 0.497 e. The lowest BCUT2D eigenvalue weighted by molar-refractivity contribution is -0.208. The number of carbonyl (C=O) groups excluding carboxylic acids is 1. The maximum Gasteiger partial charge on any atom is 0.416 e. The number of halogens is 3. The first kappa shape index (κ1) is 27.0. The van der Waals surface area contributed by atoms with Crippen molar-refractivity contribution < 1.29 is 27.8 Å². The van der Waals surface area contributed by atoms with Crippen molar-refractivity contribution in [1.82, 2.24) is 29.5 Å². The molecule has 0 aliphatic carbocycles. The Kier molecular flexibility index (Phi) is 7.62. The van der Waals surface area contributed by atoms with Crippen LogP contribution in [0, 0.1) is 0 Å². The zero-order chi connectivity index (χ0) is 28.3. The van der Waals surface area contributed by atoms with Crippen LogP contribution in [-0.2, 0) is 13.1 Å². The van der Waals surface area contributed by atoms with Crippen LogP contribution in [0.1, 0.15) is 16.1 Å². The lowest BCUT2D eigenvalue weighted by Gasteiger charge is -2.13. The number of ether oxygens (including phenoxy) is 1. The molecular formula is C26H22F3N7O3S. The third-order valence-corrected chi connectivity index (χ3v) is 6.67. The number of nitrogens with one attached hydrogen (secondary N) is 1. The van der Waals surface area contributed by atoms with E-state index >= 15 is 0 Å². The molecule has 10 nitrogen and oxygen atoms in total. The van der Waals surface area contributed by atoms with Crippen molar-refractivity contribution in [2.75, 3.05) is 12.4 Å². The van der Waals surface area contributed by atoms with E-state index in [4.69, 9.17) is 4.74 Å². The number of anilines is 1. The summed E-state index contributed by atoms with van der Waals surface area (Å²) in [5.41, 5.74) is 2.47. The van der Waals surface area contributed by atoms with Crippen LogP contribution in [0.4, 0.5) is 18.9 Å². The Morgan fingerprint density at radius 3 is 2.65 bits per heavy atom. The summed E-state index contributed by atoms with van der Waals surface area (Å²) in [6, 6.07) is 12.6. The molecule has 0 bridgehead atoms. The second-order valence-corrected chi connectivity index (χ2v) is 9.51. The van der Waals surface area contributed by atoms with E-state index in [0.29, 0.717) is 17.2 Å². The van der Waals surface area contributed by atoms with Gasteiger partial charge in [0.15, 0.2) is 6.10 Å². The number of hydrogen-bond acceptors (Lipinski definition) is 8. The van der Waals surface area contributed by atoms with Crippen molar-refractivity contribution in [3.05, 3.63) is 83.9 Å². The Labute approximate surface area is 229 Å². The molecule has 2 N–H and O–H groups in total. The molecule has 40 heavy (non-hydrogen) atoms. The Morgan fingerprint density at radius 2 is 1.95 bits per heavy atom. The number of benzene rings is 1. The summed E-state index contributed by atoms with van der Waals surface area (Å²) in [5, 5.41) is 22.8. The summed E-state index contributed by atoms with van der Waals surface area (Å²) in [4.78, 5) is 21.6. The molecule has 1 unspecified atom stereocenters. The van der Waals surface area contributed by atoms with Crippen LogP contribution in [0.2, 0.25) is 0 Å². The van der Waals surface area contributed by atoms with Crippen molar-refractivity contribution >= 4 is 22.9 Å². The van der Waals surface area contributed by atoms with Crippen LogP contribution in [0.25, 0.3) is 22.0 Å². The molecule has 1 aromatic carbocycles. The standard InChI is InChI=1S/C26H22F3N7O3S/c1-39-18-7-5-16(6-8-18)11-35-12-17(10-31-35)25-33-21(15-40-25)24(38)32-20-13-36(14-22(37)26(27,28)29)34-23(20)19-4-2-3-9-30-19/h2-10,12-13,15,22,37H,11,14H2,1H3,(H,32,38). The highest BCUT2D eigenvalue weighted by molar-refractivity contribution is 7.13. The average molecular weight is 570 g/mol. The van der Waals surface area contributed by atoms with E-state index < -0.39 is 24.7 Å². The average Bonchev–Trinajstić information content (AvgIpc) is 3.69. The van der Waals surface area contributed by atoms with Crippen LogP contribution >= 0.6 is 11.3 Å². The topological polar surface area (TPSA) is 120 Å². The number of carbonyl (C=O) groups is 1. The first-order valence-corrected chi connectivity index (χ1v) is 12.7. The molecule has 1 atom stereocenters. The van der Waals surface area contributed by atoms with E-state index in [2.05, 4.69) is 25.5 Å². The van der Waals surface area contributed by atoms with Gasteiger partial charge in [0.25, 0.3) is 5.91 Å². The molecule has 5 rings (SSSR count). The highest BCUT2D eigenvalue weighted by atomic mass is 32.1. The minimum Gasteiger partial charge on any atom is -0.497 e. The fraction of sp³-hybridized carbons (Fsp3) is 0.192. The molecule has 0 spiro atoms. The maximum absolute atomic E-state index is 13.0. The van der Waals surface area contributed by atoms with Crippen LogP contribution in [0.5, 0.6) is 5.75 Å². The number of methoxy groups -OCH3 is 1. The van der Waals surface area contributed by atoms with E-state index in [1.807, 2.05) is 30.5 Å². The first-order valence-electron chi connectivity index (χ1n) is 11.9. The second kappa shape index (κ2) is 11.3. The van der Waals surface area contributed by atoms with Crippen molar-refractivity contribution in [2.45, 2.75) is 25.4 Å². The van der Waals surface area contributed by atoms with E-state index in [9.17, 15) is 23.1 Å². The molecule has 0 saturated heterocycles. The second-order valence-electron chi connectivity index (χ2n) is 8.65. The molecule has 0 fully saturated rings. The number of pyridine rings is 1. The Balaban J connectivity index is 1.32. The predicted octanol–water partition coefficient (Wildman–Crippen LogP) is 4.50. The zero-order valence-corrected chi connectivity index (χ0v) is 21.7. The SMILES string of the molecule is COc1ccc(Cn2cc(-c3nc(C(=O)Nc4cn(CC(O)C(F)(F)F)nc4-c4ccccn4)cs3)cn2)cc1. The van der Waals surface area contributed by atoms with E-state index in [1.54, 1.807) is 41.6 Å². The van der Waals surface area contributed by atoms with Gasteiger partial charge in [-0.25, -0.2) is 4.98 Å². The fourth-order valence-electron chi connectivity index (χ4n) is 3.75. The summed E-state index contributed by atoms with van der Waals surface area (Å²) in [7, 11) is 1.60. The van der Waals surface area contributed by atoms with Crippen molar-refractivity contribution in [3.8, 4) is 27.7 Å². The number of aromatic nitrogens is 6. The third-order valence-electron chi connectivity index (χ3n) is 5.78. The van der Waals surface area contributed by atoms with Gasteiger partial charge in [0.05, 0.1) is 37.8 Å². The highest BCUT2D eigenvalue weighted by Crippen LogP contribution is 2.29. The van der Waals surface area contributed by atoms with Crippen molar-refractivity contribution in [3.63, 3.8) is 0 Å². The summed E-state index contributed by atoms with van der Waals surface area (Å²) in [6.07, 6.45) is -1.27. The predicted molar refractivity (Wildman–Crippen MR) is 141 cm³/mol. The van der Waals surface area contributed by atoms with Crippen LogP contribution < -0.4 is 10.1 Å². The van der Waals surface area contributed by atoms with E-state index in [-0.39, 0.29) is 17.1 Å². The molecule has 4 heterocycles. The minimum atomic E-state index is -4.82. The van der Waals surface area contributed by atoms with Crippen LogP contribution in [0.3, 0.4) is 0 Å². The van der Waals surface area contributed by atoms with Crippen LogP contribution in [0.15, 0.2) is 72.6 Å². The number of hydrogen-bond donors (Lipinski definition) is 2. The molecular weight excluding hydrogens is 547 g/mol. The Hall–Kier alpha value is -4.56. The quantitative estimate of drug-likeness (QED) is 0.268. The number of aliphatic hydroxyl groups excluding tert-OH is 1. The minimum absolute atomic E-state index is 0.109. The van der Waals surface area contributed by atoms with Gasteiger partial charge in [-0.15, -0.1) is 11.3 Å². The monoisotopic (exact) mass is 569 g/mol. The Morgan fingerprint density at radius 1 is 1.15 bits per heavy atom. The molecule has 0 radical (unpaired) electrons. The number of nitrogens with zero attached hydrogens (tertiary/aromatic N) is 6. The number of alkyl halides is 3. The van der Waals surface area contributed by atoms with Gasteiger partial charge in [0, 0.05) is 29.5 Å². The molecule has 14 heteroatoms. The number of aliphatic hydroxyl groups is 1. The number of rotatable bonds is 9. The summed E-state index contributed by atoms with van der Waals surface area (Å²) in [6.45, 7) is -0.313. The van der Waals surface area contributed by atoms with Gasteiger partial charge < -0.3 is 15.2 Å². The van der Waals surface area contributed by atoms with Crippen LogP contribution in [-0.4, -0.2) is 59.9 Å². The Bertz CT molecular complexity index is 1600. The lowest BCUT2D eigenvalue weighted by Crippen LogP contribution is -2.32. The van der Waals surface area contributed by atoms with Gasteiger partial charge in [0.1, 0.15) is 22.1 Å². The lowest BCUT2D eigenvalue weighted by atomic mass is 10.2. The molecule has 1 amide bonds. The van der Waals surface area contributed by atoms with Gasteiger partial charge in [0.2, 0.25) is 0 Å². The highest BCUT2D eigenvalue weighted by Gasteiger charge is 2.38. The van der Waals surface area contributed by atoms with Gasteiger partial charge in [-0.05, 0) is 29.8 Å². The van der Waals surface area contributed by atoms with Gasteiger partial charge >= 0.3 is 6.18 Å². The normalized spacial score (nSPS) is 12.3. The van der Waals surface area contributed by atoms with E-state index in [0.717, 1.165) is 21.6 Å². The van der Waals surface area contributed by atoms with Crippen molar-refractivity contribution in [2.24, 2.45) is 0 Å². The number of amides is 1. The molecule has 206 valence electrons. The van der Waals surface area contributed by atoms with Crippen molar-refractivity contribution in [1.29, 1.82) is 0 Å². The third kappa shape index (κ3) is 6.18. The zero-order valence-electron chi connectivity index (χ0n) is 20.9. The molecule has 5 aromatic rings. The molecule has 0 saturated carbocycles. The molecule has 0 aliphatic rings. The number of thiazole rings is 1. The summed E-state index contributed by atoms with van der Waals surface area (Å²) in [5.74, 6) is 0.179. The molecule has 0 aliphatic heterocycles. The summed E-state index contributed by atoms with van der Waals surface area (Å²) < 4.78 is 46.5. The van der Waals surface area contributed by atoms with E-state index in [1.165, 1.54) is 23.7 Å².